The summed E-state index contributed by atoms with van der Waals surface area (Å²) in [7, 11) is 0. The molecule has 2 amide bonds. The number of carbonyl (C=O) groups is 1. The van der Waals surface area contributed by atoms with Crippen molar-refractivity contribution in [1.82, 2.24) is 5.32 Å². The standard InChI is InChI=1S/C11H12F2N2O/c1-6(2)10(15-11(14)16)7-3-4-8(12)9(13)5-7/h3-5,10H,1H2,2H3,(H3,14,15,16). The van der Waals surface area contributed by atoms with Crippen LogP contribution in [0.15, 0.2) is 30.4 Å². The fraction of sp³-hybridized carbons (Fsp3) is 0.182. The Kier molecular flexibility index (Phi) is 3.60. The van der Waals surface area contributed by atoms with Gasteiger partial charge in [-0.3, -0.25) is 0 Å². The van der Waals surface area contributed by atoms with Gasteiger partial charge in [-0.2, -0.15) is 0 Å². The van der Waals surface area contributed by atoms with Crippen molar-refractivity contribution in [2.24, 2.45) is 5.73 Å². The van der Waals surface area contributed by atoms with Crippen LogP contribution in [0.5, 0.6) is 0 Å². The van der Waals surface area contributed by atoms with E-state index in [1.165, 1.54) is 6.07 Å². The summed E-state index contributed by atoms with van der Waals surface area (Å²) in [6, 6.07) is 1.99. The van der Waals surface area contributed by atoms with E-state index in [4.69, 9.17) is 5.73 Å². The lowest BCUT2D eigenvalue weighted by Gasteiger charge is -2.18. The van der Waals surface area contributed by atoms with E-state index < -0.39 is 23.7 Å². The fourth-order valence-electron chi connectivity index (χ4n) is 1.33. The molecule has 86 valence electrons. The average Bonchev–Trinajstić information content (AvgIpc) is 2.18. The van der Waals surface area contributed by atoms with E-state index in [0.717, 1.165) is 12.1 Å². The number of nitrogens with one attached hydrogen (secondary N) is 1. The molecule has 0 saturated carbocycles. The highest BCUT2D eigenvalue weighted by atomic mass is 19.2. The summed E-state index contributed by atoms with van der Waals surface area (Å²) < 4.78 is 25.7. The van der Waals surface area contributed by atoms with Crippen molar-refractivity contribution in [2.45, 2.75) is 13.0 Å². The van der Waals surface area contributed by atoms with Gasteiger partial charge in [0.25, 0.3) is 0 Å². The van der Waals surface area contributed by atoms with E-state index >= 15 is 0 Å². The minimum Gasteiger partial charge on any atom is -0.352 e. The van der Waals surface area contributed by atoms with Crippen LogP contribution in [0.3, 0.4) is 0 Å². The first kappa shape index (κ1) is 12.2. The van der Waals surface area contributed by atoms with Crippen LogP contribution in [-0.4, -0.2) is 6.03 Å². The van der Waals surface area contributed by atoms with E-state index in [1.807, 2.05) is 0 Å². The van der Waals surface area contributed by atoms with Crippen LogP contribution >= 0.6 is 0 Å². The smallest absolute Gasteiger partial charge is 0.312 e. The molecular formula is C11H12F2N2O. The van der Waals surface area contributed by atoms with Crippen LogP contribution in [0, 0.1) is 11.6 Å². The quantitative estimate of drug-likeness (QED) is 0.763. The molecule has 0 aliphatic carbocycles. The van der Waals surface area contributed by atoms with Gasteiger partial charge < -0.3 is 11.1 Å². The maximum atomic E-state index is 13.0. The lowest BCUT2D eigenvalue weighted by molar-refractivity contribution is 0.246. The summed E-state index contributed by atoms with van der Waals surface area (Å²) in [6.45, 7) is 5.31. The number of nitrogens with two attached hydrogens (primary N) is 1. The lowest BCUT2D eigenvalue weighted by Crippen LogP contribution is -2.33. The molecule has 0 fully saturated rings. The largest absolute Gasteiger partial charge is 0.352 e. The van der Waals surface area contributed by atoms with Crippen molar-refractivity contribution in [3.63, 3.8) is 0 Å². The summed E-state index contributed by atoms with van der Waals surface area (Å²) in [6.07, 6.45) is 0. The number of halogens is 2. The van der Waals surface area contributed by atoms with Crippen molar-refractivity contribution in [2.75, 3.05) is 0 Å². The van der Waals surface area contributed by atoms with Gasteiger partial charge >= 0.3 is 6.03 Å². The zero-order valence-corrected chi connectivity index (χ0v) is 8.76. The summed E-state index contributed by atoms with van der Waals surface area (Å²) in [5.74, 6) is -1.92. The topological polar surface area (TPSA) is 55.1 Å². The summed E-state index contributed by atoms with van der Waals surface area (Å²) >= 11 is 0. The molecule has 0 saturated heterocycles. The van der Waals surface area contributed by atoms with Crippen molar-refractivity contribution >= 4 is 6.03 Å². The maximum Gasteiger partial charge on any atom is 0.312 e. The second-order valence-electron chi connectivity index (χ2n) is 3.46. The van der Waals surface area contributed by atoms with Crippen LogP contribution in [0.1, 0.15) is 18.5 Å². The molecule has 0 heterocycles. The highest BCUT2D eigenvalue weighted by Crippen LogP contribution is 2.21. The Balaban J connectivity index is 3.06. The first-order chi connectivity index (χ1) is 7.41. The molecule has 0 aliphatic rings. The predicted molar refractivity (Wildman–Crippen MR) is 56.6 cm³/mol. The Hall–Kier alpha value is -1.91. The lowest BCUT2D eigenvalue weighted by atomic mass is 10.0. The number of carbonyl (C=O) groups excluding carboxylic acids is 1. The number of hydrogen-bond acceptors (Lipinski definition) is 1. The van der Waals surface area contributed by atoms with Gasteiger partial charge in [0.05, 0.1) is 6.04 Å². The third-order valence-electron chi connectivity index (χ3n) is 2.06. The molecule has 0 aliphatic heterocycles. The molecule has 3 nitrogen and oxygen atoms in total. The second kappa shape index (κ2) is 4.74. The Bertz CT molecular complexity index is 432. The third-order valence-corrected chi connectivity index (χ3v) is 2.06. The van der Waals surface area contributed by atoms with E-state index in [-0.39, 0.29) is 0 Å². The van der Waals surface area contributed by atoms with Crippen LogP contribution < -0.4 is 11.1 Å². The third kappa shape index (κ3) is 2.79. The fourth-order valence-corrected chi connectivity index (χ4v) is 1.33. The summed E-state index contributed by atoms with van der Waals surface area (Å²) in [4.78, 5) is 10.7. The molecule has 16 heavy (non-hydrogen) atoms. The van der Waals surface area contributed by atoms with E-state index in [2.05, 4.69) is 11.9 Å². The van der Waals surface area contributed by atoms with E-state index in [9.17, 15) is 13.6 Å². The SMILES string of the molecule is C=C(C)C(NC(N)=O)c1ccc(F)c(F)c1. The zero-order valence-electron chi connectivity index (χ0n) is 8.76. The van der Waals surface area contributed by atoms with Crippen LogP contribution in [-0.2, 0) is 0 Å². The van der Waals surface area contributed by atoms with Gasteiger partial charge in [0.15, 0.2) is 11.6 Å². The van der Waals surface area contributed by atoms with Crippen molar-refractivity contribution < 1.29 is 13.6 Å². The highest BCUT2D eigenvalue weighted by molar-refractivity contribution is 5.72. The first-order valence-corrected chi connectivity index (χ1v) is 4.58. The molecule has 3 N–H and O–H groups in total. The minimum absolute atomic E-state index is 0.394. The molecule has 0 bridgehead atoms. The van der Waals surface area contributed by atoms with Gasteiger partial charge in [-0.05, 0) is 24.6 Å². The van der Waals surface area contributed by atoms with Gasteiger partial charge in [0.1, 0.15) is 0 Å². The number of urea groups is 1. The Morgan fingerprint density at radius 2 is 2.06 bits per heavy atom. The van der Waals surface area contributed by atoms with Gasteiger partial charge in [-0.1, -0.05) is 18.2 Å². The molecule has 1 atom stereocenters. The number of hydrogen-bond donors (Lipinski definition) is 2. The molecule has 1 unspecified atom stereocenters. The summed E-state index contributed by atoms with van der Waals surface area (Å²) in [5, 5.41) is 2.39. The highest BCUT2D eigenvalue weighted by Gasteiger charge is 2.15. The molecule has 0 spiro atoms. The van der Waals surface area contributed by atoms with Crippen molar-refractivity contribution in [1.29, 1.82) is 0 Å². The van der Waals surface area contributed by atoms with Crippen molar-refractivity contribution in [3.8, 4) is 0 Å². The molecule has 0 radical (unpaired) electrons. The normalized spacial score (nSPS) is 11.9. The van der Waals surface area contributed by atoms with Gasteiger partial charge in [0, 0.05) is 0 Å². The monoisotopic (exact) mass is 226 g/mol. The zero-order chi connectivity index (χ0) is 12.3. The molecule has 1 aromatic carbocycles. The second-order valence-corrected chi connectivity index (χ2v) is 3.46. The Labute approximate surface area is 91.9 Å². The van der Waals surface area contributed by atoms with E-state index in [0.29, 0.717) is 11.1 Å². The molecule has 1 aromatic rings. The Morgan fingerprint density at radius 3 is 2.50 bits per heavy atom. The van der Waals surface area contributed by atoms with Gasteiger partial charge in [0.2, 0.25) is 0 Å². The molecule has 5 heteroatoms. The number of rotatable bonds is 3. The number of amides is 2. The summed E-state index contributed by atoms with van der Waals surface area (Å²) in [5.41, 5.74) is 5.95. The Morgan fingerprint density at radius 1 is 1.44 bits per heavy atom. The van der Waals surface area contributed by atoms with Crippen LogP contribution in [0.25, 0.3) is 0 Å². The minimum atomic E-state index is -0.977. The van der Waals surface area contributed by atoms with Crippen molar-refractivity contribution in [3.05, 3.63) is 47.5 Å². The van der Waals surface area contributed by atoms with Crippen LogP contribution in [0.2, 0.25) is 0 Å². The average molecular weight is 226 g/mol. The van der Waals surface area contributed by atoms with Gasteiger partial charge in [-0.15, -0.1) is 0 Å². The molecule has 0 aromatic heterocycles. The maximum absolute atomic E-state index is 13.0. The molecular weight excluding hydrogens is 214 g/mol. The van der Waals surface area contributed by atoms with Gasteiger partial charge in [-0.25, -0.2) is 13.6 Å². The number of primary amides is 1. The number of benzene rings is 1. The first-order valence-electron chi connectivity index (χ1n) is 4.58. The predicted octanol–water partition coefficient (Wildman–Crippen LogP) is 2.25. The van der Waals surface area contributed by atoms with Crippen LogP contribution in [0.4, 0.5) is 13.6 Å². The molecule has 1 rings (SSSR count). The van der Waals surface area contributed by atoms with E-state index in [1.54, 1.807) is 6.92 Å².